The minimum atomic E-state index is -3.84. The van der Waals surface area contributed by atoms with E-state index in [1.54, 1.807) is 13.8 Å². The molecule has 0 spiro atoms. The molecule has 1 rings (SSSR count). The summed E-state index contributed by atoms with van der Waals surface area (Å²) in [6, 6.07) is 4.42. The van der Waals surface area contributed by atoms with Gasteiger partial charge >= 0.3 is 5.97 Å². The summed E-state index contributed by atoms with van der Waals surface area (Å²) in [5.74, 6) is -0.927. The van der Waals surface area contributed by atoms with E-state index in [1.165, 1.54) is 31.2 Å². The Kier molecular flexibility index (Phi) is 6.51. The molecule has 1 atom stereocenters. The van der Waals surface area contributed by atoms with Crippen molar-refractivity contribution in [1.82, 2.24) is 10.0 Å². The summed E-state index contributed by atoms with van der Waals surface area (Å²) in [4.78, 5) is 23.0. The fourth-order valence-corrected chi connectivity index (χ4v) is 2.87. The van der Waals surface area contributed by atoms with Crippen LogP contribution in [0.5, 0.6) is 0 Å². The van der Waals surface area contributed by atoms with E-state index in [1.807, 2.05) is 0 Å². The van der Waals surface area contributed by atoms with Gasteiger partial charge in [-0.25, -0.2) is 13.2 Å². The van der Waals surface area contributed by atoms with Crippen LogP contribution in [0.15, 0.2) is 29.2 Å². The molecule has 0 aliphatic rings. The molecule has 2 N–H and O–H groups in total. The monoisotopic (exact) mass is 328 g/mol. The summed E-state index contributed by atoms with van der Waals surface area (Å²) in [5, 5.41) is 2.53. The zero-order valence-electron chi connectivity index (χ0n) is 12.8. The highest BCUT2D eigenvalue weighted by molar-refractivity contribution is 7.89. The van der Waals surface area contributed by atoms with Gasteiger partial charge in [-0.05, 0) is 45.0 Å². The summed E-state index contributed by atoms with van der Waals surface area (Å²) < 4.78 is 31.4. The van der Waals surface area contributed by atoms with E-state index in [9.17, 15) is 18.0 Å². The van der Waals surface area contributed by atoms with Gasteiger partial charge in [-0.15, -0.1) is 0 Å². The fourth-order valence-electron chi connectivity index (χ4n) is 1.67. The third-order valence-corrected chi connectivity index (χ3v) is 4.31. The Morgan fingerprint density at radius 3 is 2.27 bits per heavy atom. The number of esters is 1. The summed E-state index contributed by atoms with van der Waals surface area (Å²) in [6.07, 6.45) is 0. The summed E-state index contributed by atoms with van der Waals surface area (Å²) >= 11 is 0. The van der Waals surface area contributed by atoms with Crippen molar-refractivity contribution in [2.24, 2.45) is 0 Å². The molecule has 0 aliphatic carbocycles. The first-order valence-corrected chi connectivity index (χ1v) is 8.37. The molecule has 0 fully saturated rings. The second-order valence-electron chi connectivity index (χ2n) is 4.48. The number of sulfonamides is 1. The van der Waals surface area contributed by atoms with Crippen molar-refractivity contribution in [1.29, 1.82) is 0 Å². The van der Waals surface area contributed by atoms with E-state index >= 15 is 0 Å². The number of carbonyl (C=O) groups excluding carboxylic acids is 2. The highest BCUT2D eigenvalue weighted by Gasteiger charge is 2.21. The van der Waals surface area contributed by atoms with Crippen LogP contribution < -0.4 is 10.0 Å². The Hall–Kier alpha value is -1.93. The van der Waals surface area contributed by atoms with Gasteiger partial charge in [-0.3, -0.25) is 4.79 Å². The quantitative estimate of drug-likeness (QED) is 0.716. The molecule has 0 saturated heterocycles. The molecule has 0 bridgehead atoms. The number of ether oxygens (including phenoxy) is 1. The van der Waals surface area contributed by atoms with Crippen molar-refractivity contribution in [2.45, 2.75) is 31.7 Å². The van der Waals surface area contributed by atoms with Crippen LogP contribution in [0.1, 0.15) is 31.1 Å². The van der Waals surface area contributed by atoms with E-state index < -0.39 is 27.9 Å². The Morgan fingerprint density at radius 1 is 1.18 bits per heavy atom. The van der Waals surface area contributed by atoms with Crippen molar-refractivity contribution in [3.8, 4) is 0 Å². The van der Waals surface area contributed by atoms with Gasteiger partial charge in [-0.2, -0.15) is 4.72 Å². The summed E-state index contributed by atoms with van der Waals surface area (Å²) in [7, 11) is -3.84. The van der Waals surface area contributed by atoms with Crippen LogP contribution >= 0.6 is 0 Å². The van der Waals surface area contributed by atoms with Crippen LogP contribution in [-0.4, -0.2) is 39.5 Å². The van der Waals surface area contributed by atoms with Gasteiger partial charge in [-0.1, -0.05) is 0 Å². The maximum absolute atomic E-state index is 12.2. The lowest BCUT2D eigenvalue weighted by Crippen LogP contribution is -2.44. The number of likely N-dealkylation sites (N-methyl/N-ethyl adjacent to an activating group) is 1. The molecular formula is C14H20N2O5S. The topological polar surface area (TPSA) is 102 Å². The molecule has 8 heteroatoms. The van der Waals surface area contributed by atoms with E-state index in [2.05, 4.69) is 10.0 Å². The first-order chi connectivity index (χ1) is 10.3. The summed E-state index contributed by atoms with van der Waals surface area (Å²) in [6.45, 7) is 5.54. The lowest BCUT2D eigenvalue weighted by Gasteiger charge is -2.13. The summed E-state index contributed by atoms with van der Waals surface area (Å²) in [5.41, 5.74) is 0.262. The van der Waals surface area contributed by atoms with Gasteiger partial charge in [0, 0.05) is 6.54 Å². The molecule has 0 heterocycles. The largest absolute Gasteiger partial charge is 0.462 e. The second-order valence-corrected chi connectivity index (χ2v) is 6.20. The second kappa shape index (κ2) is 7.90. The third-order valence-electron chi connectivity index (χ3n) is 2.75. The van der Waals surface area contributed by atoms with E-state index in [0.717, 1.165) is 0 Å². The normalized spacial score (nSPS) is 12.5. The molecule has 1 aromatic carbocycles. The number of carbonyl (C=O) groups is 2. The molecule has 122 valence electrons. The Labute approximate surface area is 130 Å². The zero-order chi connectivity index (χ0) is 16.8. The lowest BCUT2D eigenvalue weighted by molar-refractivity contribution is -0.122. The number of rotatable bonds is 7. The van der Waals surface area contributed by atoms with Crippen LogP contribution in [0.3, 0.4) is 0 Å². The minimum Gasteiger partial charge on any atom is -0.462 e. The molecular weight excluding hydrogens is 308 g/mol. The van der Waals surface area contributed by atoms with Crippen molar-refractivity contribution >= 4 is 21.9 Å². The average molecular weight is 328 g/mol. The molecule has 1 amide bonds. The van der Waals surface area contributed by atoms with Crippen LogP contribution in [0, 0.1) is 0 Å². The Balaban J connectivity index is 2.85. The van der Waals surface area contributed by atoms with Crippen LogP contribution in [-0.2, 0) is 19.6 Å². The van der Waals surface area contributed by atoms with E-state index in [0.29, 0.717) is 6.54 Å². The molecule has 1 aromatic rings. The average Bonchev–Trinajstić information content (AvgIpc) is 2.47. The number of nitrogens with one attached hydrogen (secondary N) is 2. The van der Waals surface area contributed by atoms with Crippen molar-refractivity contribution in [3.05, 3.63) is 29.8 Å². The molecule has 0 radical (unpaired) electrons. The fraction of sp³-hybridized carbons (Fsp3) is 0.429. The Bertz CT molecular complexity index is 625. The van der Waals surface area contributed by atoms with Gasteiger partial charge < -0.3 is 10.1 Å². The smallest absolute Gasteiger partial charge is 0.338 e. The van der Waals surface area contributed by atoms with Gasteiger partial charge in [0.1, 0.15) is 0 Å². The number of hydrogen-bond donors (Lipinski definition) is 2. The third kappa shape index (κ3) is 4.81. The van der Waals surface area contributed by atoms with Gasteiger partial charge in [0.25, 0.3) is 0 Å². The van der Waals surface area contributed by atoms with Crippen LogP contribution in [0.4, 0.5) is 0 Å². The Morgan fingerprint density at radius 2 is 1.77 bits per heavy atom. The molecule has 7 nitrogen and oxygen atoms in total. The molecule has 0 aromatic heterocycles. The van der Waals surface area contributed by atoms with Crippen molar-refractivity contribution in [3.63, 3.8) is 0 Å². The molecule has 0 unspecified atom stereocenters. The SMILES string of the molecule is CCNC(=O)[C@H](C)NS(=O)(=O)c1ccc(C(=O)OCC)cc1. The highest BCUT2D eigenvalue weighted by atomic mass is 32.2. The number of benzene rings is 1. The van der Waals surface area contributed by atoms with Gasteiger partial charge in [0.2, 0.25) is 15.9 Å². The van der Waals surface area contributed by atoms with Gasteiger partial charge in [0.05, 0.1) is 23.1 Å². The minimum absolute atomic E-state index is 0.0308. The molecule has 22 heavy (non-hydrogen) atoms. The van der Waals surface area contributed by atoms with Crippen molar-refractivity contribution in [2.75, 3.05) is 13.2 Å². The predicted molar refractivity (Wildman–Crippen MR) is 80.9 cm³/mol. The first kappa shape index (κ1) is 18.1. The zero-order valence-corrected chi connectivity index (χ0v) is 13.6. The lowest BCUT2D eigenvalue weighted by atomic mass is 10.2. The van der Waals surface area contributed by atoms with E-state index in [-0.39, 0.29) is 17.1 Å². The molecule has 0 saturated carbocycles. The van der Waals surface area contributed by atoms with E-state index in [4.69, 9.17) is 4.74 Å². The first-order valence-electron chi connectivity index (χ1n) is 6.89. The highest BCUT2D eigenvalue weighted by Crippen LogP contribution is 2.12. The number of amides is 1. The number of hydrogen-bond acceptors (Lipinski definition) is 5. The van der Waals surface area contributed by atoms with Gasteiger partial charge in [0.15, 0.2) is 0 Å². The van der Waals surface area contributed by atoms with Crippen molar-refractivity contribution < 1.29 is 22.7 Å². The predicted octanol–water partition coefficient (Wildman–Crippen LogP) is 0.666. The van der Waals surface area contributed by atoms with Crippen LogP contribution in [0.2, 0.25) is 0 Å². The maximum Gasteiger partial charge on any atom is 0.338 e. The maximum atomic E-state index is 12.2. The molecule has 0 aliphatic heterocycles. The van der Waals surface area contributed by atoms with Crippen LogP contribution in [0.25, 0.3) is 0 Å². The standard InChI is InChI=1S/C14H20N2O5S/c1-4-15-13(17)10(3)16-22(19,20)12-8-6-11(7-9-12)14(18)21-5-2/h6-10,16H,4-5H2,1-3H3,(H,15,17)/t10-/m0/s1.